The van der Waals surface area contributed by atoms with E-state index >= 15 is 0 Å². The van der Waals surface area contributed by atoms with Crippen LogP contribution in [0, 0.1) is 28.6 Å². The lowest BCUT2D eigenvalue weighted by Gasteiger charge is -2.64. The van der Waals surface area contributed by atoms with E-state index in [1.165, 1.54) is 18.2 Å². The van der Waals surface area contributed by atoms with Crippen molar-refractivity contribution in [3.63, 3.8) is 0 Å². The molecule has 0 heterocycles. The highest BCUT2D eigenvalue weighted by Crippen LogP contribution is 2.72. The van der Waals surface area contributed by atoms with Gasteiger partial charge in [0.15, 0.2) is 18.0 Å². The first-order chi connectivity index (χ1) is 34.5. The fourth-order valence-electron chi connectivity index (χ4n) is 10.9. The Balaban J connectivity index is 0.000000316. The van der Waals surface area contributed by atoms with Gasteiger partial charge in [0.05, 0.1) is 36.4 Å². The van der Waals surface area contributed by atoms with Crippen LogP contribution in [0.4, 0.5) is 0 Å². The summed E-state index contributed by atoms with van der Waals surface area (Å²) in [4.78, 5) is 49.5. The number of hydrogen-bond acceptors (Lipinski definition) is 17. The number of fused-ring (bicyclic) bond motifs is 5. The largest absolute Gasteiger partial charge is 0.508 e. The number of nitrogens with one attached hydrogen (secondary N) is 2. The van der Waals surface area contributed by atoms with Crippen molar-refractivity contribution in [1.82, 2.24) is 10.6 Å². The highest BCUT2D eigenvalue weighted by molar-refractivity contribution is 7.79. The summed E-state index contributed by atoms with van der Waals surface area (Å²) in [5.74, 6) is -2.14. The number of benzene rings is 2. The van der Waals surface area contributed by atoms with Gasteiger partial charge < -0.3 is 55.9 Å². The van der Waals surface area contributed by atoms with Gasteiger partial charge in [0.2, 0.25) is 5.78 Å². The molecule has 3 saturated carbocycles. The summed E-state index contributed by atoms with van der Waals surface area (Å²) >= 11 is 7.48. The van der Waals surface area contributed by atoms with Crippen LogP contribution in [0.15, 0.2) is 60.2 Å². The molecule has 21 heteroatoms. The third-order valence-corrected chi connectivity index (χ3v) is 15.7. The van der Waals surface area contributed by atoms with Crippen molar-refractivity contribution in [2.45, 2.75) is 168 Å². The van der Waals surface area contributed by atoms with E-state index in [9.17, 15) is 44.7 Å². The van der Waals surface area contributed by atoms with Gasteiger partial charge in [-0.15, -0.1) is 11.6 Å². The summed E-state index contributed by atoms with van der Waals surface area (Å²) < 4.78 is 42.9. The minimum absolute atomic E-state index is 0.0484. The summed E-state index contributed by atoms with van der Waals surface area (Å²) in [6, 6.07) is 9.52. The maximum Gasteiger partial charge on any atom is 0.394 e. The zero-order chi connectivity index (χ0) is 57.3. The molecule has 2 unspecified atom stereocenters. The van der Waals surface area contributed by atoms with Crippen LogP contribution < -0.4 is 10.6 Å². The molecule has 0 spiro atoms. The molecule has 4 aliphatic carbocycles. The number of Topliss-reactive ketones (excluding diaryl/α,β-unsaturated/α-hetero) is 1. The number of phenols is 2. The number of rotatable bonds is 14. The normalized spacial score (nSPS) is 27.7. The lowest BCUT2D eigenvalue weighted by molar-refractivity contribution is -0.203. The quantitative estimate of drug-likeness (QED) is 0.0583. The fraction of sp³-hybridized carbons (Fsp3) is 0.630. The number of aliphatic hydroxyl groups excluding tert-OH is 5. The molecule has 2 aromatic carbocycles. The minimum Gasteiger partial charge on any atom is -0.508 e. The molecule has 3 fully saturated rings. The lowest BCUT2D eigenvalue weighted by atomic mass is 9.45. The van der Waals surface area contributed by atoms with Crippen molar-refractivity contribution in [3.05, 3.63) is 82.5 Å². The van der Waals surface area contributed by atoms with Crippen molar-refractivity contribution in [3.8, 4) is 11.5 Å². The Kier molecular flexibility index (Phi) is 22.4. The Bertz CT molecular complexity index is 2420. The molecule has 10 atom stereocenters. The van der Waals surface area contributed by atoms with Gasteiger partial charge in [0.1, 0.15) is 11.5 Å². The van der Waals surface area contributed by atoms with Gasteiger partial charge in [-0.25, -0.2) is 0 Å². The predicted octanol–water partition coefficient (Wildman–Crippen LogP) is 6.05. The Morgan fingerprint density at radius 2 is 1.29 bits per heavy atom. The number of ether oxygens (including phenoxy) is 2. The number of halogens is 1. The smallest absolute Gasteiger partial charge is 0.394 e. The highest BCUT2D eigenvalue weighted by atomic mass is 35.5. The van der Waals surface area contributed by atoms with Gasteiger partial charge in [-0.05, 0) is 127 Å². The first kappa shape index (κ1) is 65.0. The van der Waals surface area contributed by atoms with E-state index in [0.29, 0.717) is 54.6 Å². The van der Waals surface area contributed by atoms with E-state index in [1.54, 1.807) is 44.2 Å². The van der Waals surface area contributed by atoms with Crippen LogP contribution in [0.1, 0.15) is 149 Å². The average molecular weight is 1100 g/mol. The lowest BCUT2D eigenvalue weighted by Crippen LogP contribution is -2.69. The van der Waals surface area contributed by atoms with Crippen molar-refractivity contribution in [2.24, 2.45) is 28.6 Å². The summed E-state index contributed by atoms with van der Waals surface area (Å²) in [5, 5.41) is 75.0. The first-order valence-electron chi connectivity index (χ1n) is 25.1. The van der Waals surface area contributed by atoms with Crippen molar-refractivity contribution in [1.29, 1.82) is 0 Å². The number of β-amino-alcohol motifs (C(OH)–C–C–N with tert-alkyl or cyclic N) is 2. The third-order valence-electron chi connectivity index (χ3n) is 14.8. The zero-order valence-corrected chi connectivity index (χ0v) is 46.6. The van der Waals surface area contributed by atoms with Crippen LogP contribution in [0.2, 0.25) is 0 Å². The number of ketones is 2. The Labute approximate surface area is 446 Å². The van der Waals surface area contributed by atoms with Crippen LogP contribution >= 0.6 is 11.6 Å². The molecule has 75 heavy (non-hydrogen) atoms. The molecule has 19 nitrogen and oxygen atoms in total. The van der Waals surface area contributed by atoms with E-state index in [0.717, 1.165) is 5.57 Å². The number of carbonyl (C=O) groups is 4. The second-order valence-corrected chi connectivity index (χ2v) is 23.8. The molecule has 2 aromatic rings. The molecule has 11 N–H and O–H groups in total. The predicted molar refractivity (Wildman–Crippen MR) is 281 cm³/mol. The van der Waals surface area contributed by atoms with Crippen LogP contribution in [0.25, 0.3) is 0 Å². The molecule has 0 amide bonds. The van der Waals surface area contributed by atoms with Crippen LogP contribution in [0.3, 0.4) is 0 Å². The number of aliphatic hydroxyl groups is 5. The van der Waals surface area contributed by atoms with Crippen LogP contribution in [0.5, 0.6) is 11.5 Å². The van der Waals surface area contributed by atoms with Crippen LogP contribution in [-0.4, -0.2) is 124 Å². The number of esters is 2. The third kappa shape index (κ3) is 15.9. The van der Waals surface area contributed by atoms with E-state index < -0.39 is 74.3 Å². The molecule has 6 rings (SSSR count). The molecule has 0 bridgehead atoms. The Morgan fingerprint density at radius 1 is 0.827 bits per heavy atom. The summed E-state index contributed by atoms with van der Waals surface area (Å²) in [7, 11) is -4.67. The molecule has 0 aromatic heterocycles. The number of alkyl halides is 1. The van der Waals surface area contributed by atoms with E-state index in [2.05, 4.69) is 10.6 Å². The molecule has 0 aliphatic heterocycles. The average Bonchev–Trinajstić information content (AvgIpc) is 3.54. The zero-order valence-electron chi connectivity index (χ0n) is 45.0. The van der Waals surface area contributed by atoms with Gasteiger partial charge in [0.25, 0.3) is 0 Å². The minimum atomic E-state index is -4.67. The maximum atomic E-state index is 13.9. The summed E-state index contributed by atoms with van der Waals surface area (Å²) in [6.45, 7) is 21.1. The molecule has 0 radical (unpaired) electrons. The monoisotopic (exact) mass is 1100 g/mol. The van der Waals surface area contributed by atoms with Crippen molar-refractivity contribution < 1.29 is 81.9 Å². The molecule has 422 valence electrons. The van der Waals surface area contributed by atoms with Crippen LogP contribution in [-0.2, 0) is 52.3 Å². The van der Waals surface area contributed by atoms with Gasteiger partial charge in [-0.3, -0.25) is 28.3 Å². The standard InChI is InChI=1S/C28H37ClO7.2C13H21NO3.H2O4S/c1-6-23(33)35-15-22(32)28(36-24(34)7-2)16(3)12-20-19-9-8-17-13-18(30)10-11-25(17,4)27(19,29)21(31)14-26(20,28)5;2*1-13(2,3)14-7-12(17)9-4-5-11(16)10(6-9)8-15;1-5(2,3)4/h10-11,13,16,19-21,31H,6-9,12,14-15H2,1-5H3;2*4-6,12,14-17H,7-8H2,1-3H3;(H2,1,2,3,4)/t16-,19-,20-,21-,25-,26-,27-,28-;;;/m0.../s1. The number of hydrogen-bond donors (Lipinski definition) is 11. The summed E-state index contributed by atoms with van der Waals surface area (Å²) in [5.41, 5.74) is -0.159. The Hall–Kier alpha value is -4.32. The number of carbonyl (C=O) groups excluding carboxylic acids is 4. The molecular weight excluding hydrogens is 1020 g/mol. The Morgan fingerprint density at radius 3 is 1.72 bits per heavy atom. The number of aromatic hydroxyl groups is 2. The van der Waals surface area contributed by atoms with Gasteiger partial charge in [-0.1, -0.05) is 58.4 Å². The second kappa shape index (κ2) is 25.9. The van der Waals surface area contributed by atoms with E-state index in [4.69, 9.17) is 48.8 Å². The van der Waals surface area contributed by atoms with Crippen molar-refractivity contribution in [2.75, 3.05) is 19.7 Å². The molecular formula is C54H81ClN2O17S. The van der Waals surface area contributed by atoms with E-state index in [-0.39, 0.29) is 78.6 Å². The topological polar surface area (TPSA) is 327 Å². The van der Waals surface area contributed by atoms with E-state index in [1.807, 2.05) is 68.4 Å². The first-order valence-corrected chi connectivity index (χ1v) is 26.9. The molecule has 0 saturated heterocycles. The second-order valence-electron chi connectivity index (χ2n) is 22.2. The molecule has 4 aliphatic rings. The van der Waals surface area contributed by atoms with Gasteiger partial charge >= 0.3 is 22.3 Å². The van der Waals surface area contributed by atoms with Gasteiger partial charge in [-0.2, -0.15) is 8.42 Å². The van der Waals surface area contributed by atoms with Crippen molar-refractivity contribution >= 4 is 45.5 Å². The number of allylic oxidation sites excluding steroid dienone is 4. The fourth-order valence-corrected chi connectivity index (χ4v) is 11.4. The summed E-state index contributed by atoms with van der Waals surface area (Å²) in [6.07, 6.45) is 4.88. The van der Waals surface area contributed by atoms with Gasteiger partial charge in [0, 0.05) is 64.9 Å². The SMILES string of the molecule is CC(C)(C)NCC(O)c1ccc(O)c(CO)c1.CC(C)(C)NCC(O)c1ccc(O)c(CO)c1.CCC(=O)OCC(=O)[C@@]1(OC(=O)CC)[C@@H](C)C[C@H]2[C@@H]3CCC4=CC(=O)C=C[C@]4(C)[C@@]3(Cl)[C@@H](O)C[C@@]21C.O=S(=O)(O)O. The maximum absolute atomic E-state index is 13.9. The highest BCUT2D eigenvalue weighted by Gasteiger charge is 2.76.